The molecule has 0 saturated heterocycles. The number of Topliss-reactive ketones (excluding diaryl/α,β-unsaturated/α-hetero) is 1. The summed E-state index contributed by atoms with van der Waals surface area (Å²) in [6.45, 7) is 0. The van der Waals surface area contributed by atoms with Gasteiger partial charge in [-0.1, -0.05) is 23.7 Å². The summed E-state index contributed by atoms with van der Waals surface area (Å²) in [6.07, 6.45) is 3.29. The molecule has 1 aromatic rings. The fourth-order valence-corrected chi connectivity index (χ4v) is 2.04. The van der Waals surface area contributed by atoms with Crippen LogP contribution in [0.1, 0.15) is 18.4 Å². The van der Waals surface area contributed by atoms with Gasteiger partial charge in [-0.3, -0.25) is 4.79 Å². The minimum absolute atomic E-state index is 0.140. The van der Waals surface area contributed by atoms with E-state index in [0.29, 0.717) is 22.8 Å². The molecular weight excluding hydrogens is 212 g/mol. The molecule has 2 rings (SSSR count). The predicted octanol–water partition coefficient (Wildman–Crippen LogP) is 3.09. The maximum Gasteiger partial charge on any atom is 0.163 e. The second-order valence-electron chi connectivity index (χ2n) is 3.40. The summed E-state index contributed by atoms with van der Waals surface area (Å²) in [6, 6.07) is 5.39. The van der Waals surface area contributed by atoms with Gasteiger partial charge in [0.15, 0.2) is 5.78 Å². The fraction of sp³-hybridized carbons (Fsp3) is 0.250. The number of ketones is 1. The number of hydrogen-bond acceptors (Lipinski definition) is 2. The lowest BCUT2D eigenvalue weighted by Crippen LogP contribution is -1.98. The van der Waals surface area contributed by atoms with E-state index in [0.717, 1.165) is 12.0 Å². The van der Waals surface area contributed by atoms with Crippen molar-refractivity contribution in [2.45, 2.75) is 12.8 Å². The highest BCUT2D eigenvalue weighted by molar-refractivity contribution is 6.36. The summed E-state index contributed by atoms with van der Waals surface area (Å²) in [4.78, 5) is 11.6. The van der Waals surface area contributed by atoms with Crippen molar-refractivity contribution in [3.63, 3.8) is 0 Å². The van der Waals surface area contributed by atoms with Crippen LogP contribution in [-0.2, 0) is 4.79 Å². The molecule has 0 bridgehead atoms. The molecule has 1 aliphatic rings. The van der Waals surface area contributed by atoms with Gasteiger partial charge in [0.1, 0.15) is 5.75 Å². The van der Waals surface area contributed by atoms with Crippen molar-refractivity contribution in [3.05, 3.63) is 34.9 Å². The van der Waals surface area contributed by atoms with Crippen LogP contribution in [0.25, 0.3) is 5.57 Å². The number of carbonyl (C=O) groups is 1. The fourth-order valence-electron chi connectivity index (χ4n) is 1.77. The van der Waals surface area contributed by atoms with Crippen LogP contribution < -0.4 is 4.74 Å². The van der Waals surface area contributed by atoms with Gasteiger partial charge in [-0.05, 0) is 18.6 Å². The number of ether oxygens (including phenoxy) is 1. The molecule has 0 unspecified atom stereocenters. The van der Waals surface area contributed by atoms with Crippen molar-refractivity contribution in [3.8, 4) is 5.75 Å². The minimum atomic E-state index is 0.140. The number of allylic oxidation sites excluding steroid dienone is 2. The molecule has 15 heavy (non-hydrogen) atoms. The monoisotopic (exact) mass is 222 g/mol. The molecule has 78 valence electrons. The van der Waals surface area contributed by atoms with Gasteiger partial charge in [0.2, 0.25) is 0 Å². The first-order valence-corrected chi connectivity index (χ1v) is 5.18. The van der Waals surface area contributed by atoms with Gasteiger partial charge < -0.3 is 4.74 Å². The zero-order chi connectivity index (χ0) is 10.8. The highest BCUT2D eigenvalue weighted by Gasteiger charge is 2.22. The number of carbonyl (C=O) groups excluding carboxylic acids is 1. The predicted molar refractivity (Wildman–Crippen MR) is 60.2 cm³/mol. The molecule has 0 heterocycles. The highest BCUT2D eigenvalue weighted by Crippen LogP contribution is 2.36. The Morgan fingerprint density at radius 3 is 2.80 bits per heavy atom. The van der Waals surface area contributed by atoms with Gasteiger partial charge in [0, 0.05) is 17.6 Å². The van der Waals surface area contributed by atoms with E-state index in [1.807, 2.05) is 18.2 Å². The molecule has 0 radical (unpaired) electrons. The molecule has 1 aromatic carbocycles. The summed E-state index contributed by atoms with van der Waals surface area (Å²) >= 11 is 6.08. The Bertz CT molecular complexity index is 435. The summed E-state index contributed by atoms with van der Waals surface area (Å²) in [7, 11) is 1.58. The maximum atomic E-state index is 11.6. The number of methoxy groups -OCH3 is 1. The zero-order valence-corrected chi connectivity index (χ0v) is 9.17. The normalized spacial score (nSPS) is 15.3. The van der Waals surface area contributed by atoms with Gasteiger partial charge in [-0.15, -0.1) is 0 Å². The Kier molecular flexibility index (Phi) is 2.78. The smallest absolute Gasteiger partial charge is 0.163 e. The lowest BCUT2D eigenvalue weighted by Gasteiger charge is -2.10. The van der Waals surface area contributed by atoms with E-state index in [9.17, 15) is 4.79 Å². The van der Waals surface area contributed by atoms with Crippen molar-refractivity contribution in [1.82, 2.24) is 0 Å². The Morgan fingerprint density at radius 1 is 1.40 bits per heavy atom. The van der Waals surface area contributed by atoms with Crippen LogP contribution >= 0.6 is 11.6 Å². The Labute approximate surface area is 93.5 Å². The van der Waals surface area contributed by atoms with Gasteiger partial charge in [-0.2, -0.15) is 0 Å². The van der Waals surface area contributed by atoms with Crippen LogP contribution in [0.3, 0.4) is 0 Å². The molecule has 0 N–H and O–H groups in total. The molecular formula is C12H11ClO2. The van der Waals surface area contributed by atoms with Gasteiger partial charge in [-0.25, -0.2) is 0 Å². The molecule has 0 saturated carbocycles. The summed E-state index contributed by atoms with van der Waals surface area (Å²) in [5.41, 5.74) is 1.42. The number of rotatable bonds is 2. The van der Waals surface area contributed by atoms with Gasteiger partial charge in [0.25, 0.3) is 0 Å². The van der Waals surface area contributed by atoms with Crippen molar-refractivity contribution in [2.24, 2.45) is 0 Å². The molecule has 1 aliphatic carbocycles. The summed E-state index contributed by atoms with van der Waals surface area (Å²) in [5.74, 6) is 0.797. The molecule has 0 atom stereocenters. The molecule has 0 amide bonds. The third-order valence-corrected chi connectivity index (χ3v) is 2.80. The first-order chi connectivity index (χ1) is 7.24. The molecule has 0 fully saturated rings. The zero-order valence-electron chi connectivity index (χ0n) is 8.42. The maximum absolute atomic E-state index is 11.6. The van der Waals surface area contributed by atoms with E-state index < -0.39 is 0 Å². The summed E-state index contributed by atoms with van der Waals surface area (Å²) in [5, 5.41) is 0.566. The van der Waals surface area contributed by atoms with E-state index in [1.54, 1.807) is 13.2 Å². The van der Waals surface area contributed by atoms with Crippen molar-refractivity contribution < 1.29 is 9.53 Å². The van der Waals surface area contributed by atoms with Gasteiger partial charge >= 0.3 is 0 Å². The molecule has 0 spiro atoms. The first kappa shape index (κ1) is 10.2. The average Bonchev–Trinajstić information content (AvgIpc) is 2.64. The van der Waals surface area contributed by atoms with Crippen LogP contribution in [0, 0.1) is 0 Å². The van der Waals surface area contributed by atoms with Crippen LogP contribution in [0.2, 0.25) is 5.02 Å². The van der Waals surface area contributed by atoms with E-state index in [4.69, 9.17) is 16.3 Å². The van der Waals surface area contributed by atoms with Crippen molar-refractivity contribution in [1.29, 1.82) is 0 Å². The van der Waals surface area contributed by atoms with Crippen LogP contribution in [0.5, 0.6) is 5.75 Å². The third-order valence-electron chi connectivity index (χ3n) is 2.48. The number of hydrogen-bond donors (Lipinski definition) is 0. The molecule has 0 aliphatic heterocycles. The van der Waals surface area contributed by atoms with Gasteiger partial charge in [0.05, 0.1) is 12.1 Å². The highest BCUT2D eigenvalue weighted by atomic mass is 35.5. The Balaban J connectivity index is 2.55. The molecule has 3 heteroatoms. The average molecular weight is 223 g/mol. The molecule has 2 nitrogen and oxygen atoms in total. The van der Waals surface area contributed by atoms with E-state index in [1.165, 1.54) is 0 Å². The first-order valence-electron chi connectivity index (χ1n) is 4.80. The Morgan fingerprint density at radius 2 is 2.20 bits per heavy atom. The standard InChI is InChI=1S/C12H11ClO2/c1-15-11-7-3-5-9(13)12(11)8-4-2-6-10(8)14/h3-5,7H,2,6H2,1H3. The Hall–Kier alpha value is -1.28. The topological polar surface area (TPSA) is 26.3 Å². The molecule has 0 aromatic heterocycles. The quantitative estimate of drug-likeness (QED) is 0.769. The van der Waals surface area contributed by atoms with E-state index in [-0.39, 0.29) is 5.78 Å². The van der Waals surface area contributed by atoms with Crippen LogP contribution in [0.4, 0.5) is 0 Å². The third kappa shape index (κ3) is 1.77. The summed E-state index contributed by atoms with van der Waals surface area (Å²) < 4.78 is 5.21. The van der Waals surface area contributed by atoms with E-state index >= 15 is 0 Å². The second kappa shape index (κ2) is 4.07. The lowest BCUT2D eigenvalue weighted by atomic mass is 10.0. The lowest BCUT2D eigenvalue weighted by molar-refractivity contribution is -0.113. The second-order valence-corrected chi connectivity index (χ2v) is 3.80. The van der Waals surface area contributed by atoms with Crippen LogP contribution in [-0.4, -0.2) is 12.9 Å². The van der Waals surface area contributed by atoms with Crippen LogP contribution in [0.15, 0.2) is 24.3 Å². The number of halogens is 1. The minimum Gasteiger partial charge on any atom is -0.496 e. The van der Waals surface area contributed by atoms with Crippen molar-refractivity contribution >= 4 is 23.0 Å². The largest absolute Gasteiger partial charge is 0.496 e. The van der Waals surface area contributed by atoms with E-state index in [2.05, 4.69) is 0 Å². The SMILES string of the molecule is COc1cccc(Cl)c1C1=CCCC1=O. The van der Waals surface area contributed by atoms with Crippen molar-refractivity contribution in [2.75, 3.05) is 7.11 Å². The number of benzene rings is 1.